The van der Waals surface area contributed by atoms with E-state index in [4.69, 9.17) is 17.3 Å². The first-order valence-corrected chi connectivity index (χ1v) is 6.32. The third-order valence-electron chi connectivity index (χ3n) is 2.46. The van der Waals surface area contributed by atoms with E-state index in [-0.39, 0.29) is 5.02 Å². The topological polar surface area (TPSA) is 63.8 Å². The van der Waals surface area contributed by atoms with Gasteiger partial charge in [0.05, 0.1) is 5.02 Å². The number of benzene rings is 1. The van der Waals surface area contributed by atoms with Crippen LogP contribution >= 0.6 is 11.6 Å². The number of hydrogen-bond acceptors (Lipinski definition) is 4. The summed E-state index contributed by atoms with van der Waals surface area (Å²) in [5.74, 6) is 1.19. The number of nitrogens with one attached hydrogen (secondary N) is 1. The third-order valence-corrected chi connectivity index (χ3v) is 2.75. The summed E-state index contributed by atoms with van der Waals surface area (Å²) in [5.41, 5.74) is 6.37. The molecule has 100 valence electrons. The van der Waals surface area contributed by atoms with Gasteiger partial charge in [-0.05, 0) is 24.6 Å². The Bertz CT molecular complexity index is 589. The molecule has 2 rings (SSSR count). The van der Waals surface area contributed by atoms with Gasteiger partial charge in [0.2, 0.25) is 0 Å². The zero-order valence-corrected chi connectivity index (χ0v) is 11.2. The molecule has 0 saturated carbocycles. The van der Waals surface area contributed by atoms with Crippen molar-refractivity contribution in [3.63, 3.8) is 0 Å². The van der Waals surface area contributed by atoms with Gasteiger partial charge in [-0.15, -0.1) is 0 Å². The van der Waals surface area contributed by atoms with Crippen molar-refractivity contribution in [2.45, 2.75) is 19.8 Å². The predicted octanol–water partition coefficient (Wildman–Crippen LogP) is 3.55. The van der Waals surface area contributed by atoms with Gasteiger partial charge in [0.25, 0.3) is 0 Å². The van der Waals surface area contributed by atoms with Gasteiger partial charge in [0, 0.05) is 18.2 Å². The molecule has 0 saturated heterocycles. The van der Waals surface area contributed by atoms with E-state index in [0.717, 1.165) is 12.8 Å². The van der Waals surface area contributed by atoms with Gasteiger partial charge in [-0.3, -0.25) is 0 Å². The Labute approximate surface area is 115 Å². The Kier molecular flexibility index (Phi) is 4.16. The predicted molar refractivity (Wildman–Crippen MR) is 75.1 cm³/mol. The lowest BCUT2D eigenvalue weighted by Gasteiger charge is -2.08. The molecular weight excluding hydrogens is 267 g/mol. The SMILES string of the molecule is CCCc1nc(N)cc(Nc2ccc(F)c(Cl)c2)n1. The number of nitrogen functional groups attached to an aromatic ring is 1. The molecule has 19 heavy (non-hydrogen) atoms. The van der Waals surface area contributed by atoms with Crippen molar-refractivity contribution in [2.24, 2.45) is 0 Å². The maximum Gasteiger partial charge on any atom is 0.141 e. The largest absolute Gasteiger partial charge is 0.384 e. The fraction of sp³-hybridized carbons (Fsp3) is 0.231. The van der Waals surface area contributed by atoms with Crippen LogP contribution in [-0.2, 0) is 6.42 Å². The summed E-state index contributed by atoms with van der Waals surface area (Å²) in [6, 6.07) is 5.99. The lowest BCUT2D eigenvalue weighted by atomic mass is 10.3. The molecule has 3 N–H and O–H groups in total. The number of halogens is 2. The smallest absolute Gasteiger partial charge is 0.141 e. The highest BCUT2D eigenvalue weighted by atomic mass is 35.5. The quantitative estimate of drug-likeness (QED) is 0.899. The van der Waals surface area contributed by atoms with Crippen LogP contribution in [0.15, 0.2) is 24.3 Å². The molecule has 2 aromatic rings. The highest BCUT2D eigenvalue weighted by Gasteiger charge is 2.05. The van der Waals surface area contributed by atoms with Gasteiger partial charge < -0.3 is 11.1 Å². The fourth-order valence-corrected chi connectivity index (χ4v) is 1.82. The van der Waals surface area contributed by atoms with Crippen molar-refractivity contribution in [1.82, 2.24) is 9.97 Å². The van der Waals surface area contributed by atoms with E-state index in [9.17, 15) is 4.39 Å². The van der Waals surface area contributed by atoms with Gasteiger partial charge >= 0.3 is 0 Å². The van der Waals surface area contributed by atoms with Crippen LogP contribution < -0.4 is 11.1 Å². The maximum atomic E-state index is 13.1. The first kappa shape index (κ1) is 13.5. The number of anilines is 3. The van der Waals surface area contributed by atoms with Gasteiger partial charge in [-0.25, -0.2) is 14.4 Å². The van der Waals surface area contributed by atoms with Gasteiger partial charge in [-0.2, -0.15) is 0 Å². The van der Waals surface area contributed by atoms with Gasteiger partial charge in [0.1, 0.15) is 23.3 Å². The van der Waals surface area contributed by atoms with Gasteiger partial charge in [0.15, 0.2) is 0 Å². The highest BCUT2D eigenvalue weighted by molar-refractivity contribution is 6.31. The van der Waals surface area contributed by atoms with Crippen LogP contribution in [0.3, 0.4) is 0 Å². The molecule has 6 heteroatoms. The van der Waals surface area contributed by atoms with Crippen molar-refractivity contribution in [2.75, 3.05) is 11.1 Å². The molecule has 1 aromatic heterocycles. The number of aryl methyl sites for hydroxylation is 1. The summed E-state index contributed by atoms with van der Waals surface area (Å²) in [6.07, 6.45) is 1.69. The summed E-state index contributed by atoms with van der Waals surface area (Å²) in [4.78, 5) is 8.47. The minimum absolute atomic E-state index is 0.0563. The second kappa shape index (κ2) is 5.84. The lowest BCUT2D eigenvalue weighted by molar-refractivity contribution is 0.628. The zero-order chi connectivity index (χ0) is 13.8. The molecule has 4 nitrogen and oxygen atoms in total. The summed E-state index contributed by atoms with van der Waals surface area (Å²) in [5, 5.41) is 3.09. The molecule has 0 fully saturated rings. The van der Waals surface area contributed by atoms with Crippen LogP contribution in [0.2, 0.25) is 5.02 Å². The fourth-order valence-electron chi connectivity index (χ4n) is 1.64. The van der Waals surface area contributed by atoms with E-state index in [2.05, 4.69) is 15.3 Å². The second-order valence-corrected chi connectivity index (χ2v) is 4.51. The second-order valence-electron chi connectivity index (χ2n) is 4.10. The number of nitrogens with two attached hydrogens (primary N) is 1. The molecule has 0 unspecified atom stereocenters. The number of nitrogens with zero attached hydrogens (tertiary/aromatic N) is 2. The molecule has 0 amide bonds. The van der Waals surface area contributed by atoms with Crippen molar-refractivity contribution in [3.05, 3.63) is 40.9 Å². The highest BCUT2D eigenvalue weighted by Crippen LogP contribution is 2.22. The first-order chi connectivity index (χ1) is 9.08. The van der Waals surface area contributed by atoms with Crippen molar-refractivity contribution in [3.8, 4) is 0 Å². The Morgan fingerprint density at radius 3 is 2.79 bits per heavy atom. The average Bonchev–Trinajstić information content (AvgIpc) is 2.33. The van der Waals surface area contributed by atoms with Crippen LogP contribution in [-0.4, -0.2) is 9.97 Å². The van der Waals surface area contributed by atoms with Crippen LogP contribution in [0.5, 0.6) is 0 Å². The van der Waals surface area contributed by atoms with E-state index in [0.29, 0.717) is 23.1 Å². The van der Waals surface area contributed by atoms with E-state index < -0.39 is 5.82 Å². The number of aromatic nitrogens is 2. The summed E-state index contributed by atoms with van der Waals surface area (Å²) >= 11 is 5.72. The Hall–Kier alpha value is -1.88. The minimum Gasteiger partial charge on any atom is -0.384 e. The monoisotopic (exact) mass is 280 g/mol. The zero-order valence-electron chi connectivity index (χ0n) is 10.5. The molecule has 0 aliphatic rings. The van der Waals surface area contributed by atoms with Crippen LogP contribution in [0.1, 0.15) is 19.2 Å². The van der Waals surface area contributed by atoms with Crippen molar-refractivity contribution >= 4 is 28.9 Å². The normalized spacial score (nSPS) is 10.5. The third kappa shape index (κ3) is 3.54. The molecule has 0 spiro atoms. The molecular formula is C13H14ClFN4. The van der Waals surface area contributed by atoms with Crippen LogP contribution in [0, 0.1) is 5.82 Å². The number of rotatable bonds is 4. The average molecular weight is 281 g/mol. The Morgan fingerprint density at radius 2 is 2.11 bits per heavy atom. The minimum atomic E-state index is -0.457. The molecule has 0 aliphatic heterocycles. The molecule has 0 aliphatic carbocycles. The summed E-state index contributed by atoms with van der Waals surface area (Å²) < 4.78 is 13.1. The maximum absolute atomic E-state index is 13.1. The molecule has 0 radical (unpaired) electrons. The molecule has 1 aromatic carbocycles. The Morgan fingerprint density at radius 1 is 1.32 bits per heavy atom. The van der Waals surface area contributed by atoms with Gasteiger partial charge in [-0.1, -0.05) is 18.5 Å². The molecule has 0 bridgehead atoms. The molecule has 0 atom stereocenters. The van der Waals surface area contributed by atoms with Crippen molar-refractivity contribution in [1.29, 1.82) is 0 Å². The van der Waals surface area contributed by atoms with E-state index in [1.165, 1.54) is 12.1 Å². The summed E-state index contributed by atoms with van der Waals surface area (Å²) in [7, 11) is 0. The number of hydrogen-bond donors (Lipinski definition) is 2. The lowest BCUT2D eigenvalue weighted by Crippen LogP contribution is -2.03. The van der Waals surface area contributed by atoms with E-state index in [1.807, 2.05) is 6.92 Å². The van der Waals surface area contributed by atoms with Crippen molar-refractivity contribution < 1.29 is 4.39 Å². The first-order valence-electron chi connectivity index (χ1n) is 5.94. The van der Waals surface area contributed by atoms with Crippen LogP contribution in [0.25, 0.3) is 0 Å². The molecule has 1 heterocycles. The summed E-state index contributed by atoms with van der Waals surface area (Å²) in [6.45, 7) is 2.04. The standard InChI is InChI=1S/C13H14ClFN4/c1-2-3-12-18-11(16)7-13(19-12)17-8-4-5-10(15)9(14)6-8/h4-7H,2-3H2,1H3,(H3,16,17,18,19). The Balaban J connectivity index is 2.24. The van der Waals surface area contributed by atoms with E-state index in [1.54, 1.807) is 12.1 Å². The van der Waals surface area contributed by atoms with E-state index >= 15 is 0 Å². The van der Waals surface area contributed by atoms with Crippen LogP contribution in [0.4, 0.5) is 21.7 Å².